The minimum absolute atomic E-state index is 0.0206. The van der Waals surface area contributed by atoms with Crippen LogP contribution in [-0.4, -0.2) is 103 Å². The van der Waals surface area contributed by atoms with Gasteiger partial charge in [-0.25, -0.2) is 5.01 Å². The molecule has 0 aromatic heterocycles. The summed E-state index contributed by atoms with van der Waals surface area (Å²) in [5.41, 5.74) is 1.27. The normalized spacial score (nSPS) is 14.6. The third-order valence-corrected chi connectivity index (χ3v) is 5.60. The fraction of sp³-hybridized carbons (Fsp3) is 0.583. The highest BCUT2D eigenvalue weighted by Crippen LogP contribution is 2.16. The number of aliphatic carboxylic acids is 1. The van der Waals surface area contributed by atoms with Gasteiger partial charge in [0.2, 0.25) is 18.2 Å². The van der Waals surface area contributed by atoms with Crippen molar-refractivity contribution < 1.29 is 29.0 Å². The van der Waals surface area contributed by atoms with Crippen molar-refractivity contribution in [3.63, 3.8) is 0 Å². The number of likely N-dealkylation sites (N-methyl/N-ethyl adjacent to an activating group) is 2. The Morgan fingerprint density at radius 2 is 1.94 bits per heavy atom. The van der Waals surface area contributed by atoms with Crippen LogP contribution in [0.4, 0.5) is 0 Å². The van der Waals surface area contributed by atoms with Crippen molar-refractivity contribution in [2.24, 2.45) is 0 Å². The van der Waals surface area contributed by atoms with E-state index in [1.807, 2.05) is 26.1 Å². The van der Waals surface area contributed by atoms with E-state index in [-0.39, 0.29) is 37.9 Å². The summed E-state index contributed by atoms with van der Waals surface area (Å²) < 4.78 is 5.03. The quantitative estimate of drug-likeness (QED) is 0.414. The molecule has 1 atom stereocenters. The standard InChI is InChI=1S/C15H26N4O5.C9H13NO/c1-4-5-8-16(2)15(24)12(6-7-14(22)23)19-10-18(11-20)17(3)9-13(19)21;1-10-7-8-3-5-9(11-2)6-4-8/h11-12H,4-10H2,1-3H3,(H,22,23);3-6,10H,7H2,1-2H3. The van der Waals surface area contributed by atoms with E-state index in [9.17, 15) is 19.2 Å². The molecule has 0 bridgehead atoms. The molecule has 0 saturated carbocycles. The van der Waals surface area contributed by atoms with E-state index < -0.39 is 12.0 Å². The number of nitrogens with one attached hydrogen (secondary N) is 1. The molecule has 1 aliphatic rings. The van der Waals surface area contributed by atoms with Crippen molar-refractivity contribution in [2.75, 3.05) is 48.0 Å². The van der Waals surface area contributed by atoms with Crippen LogP contribution in [0.25, 0.3) is 0 Å². The lowest BCUT2D eigenvalue weighted by Gasteiger charge is -2.43. The van der Waals surface area contributed by atoms with Crippen molar-refractivity contribution in [2.45, 2.75) is 45.2 Å². The van der Waals surface area contributed by atoms with Crippen molar-refractivity contribution >= 4 is 24.2 Å². The number of hydrazine groups is 1. The molecule has 0 spiro atoms. The Kier molecular flexibility index (Phi) is 13.4. The second-order valence-electron chi connectivity index (χ2n) is 8.31. The first-order valence-corrected chi connectivity index (χ1v) is 11.6. The maximum atomic E-state index is 12.7. The number of carbonyl (C=O) groups is 4. The smallest absolute Gasteiger partial charge is 0.303 e. The zero-order chi connectivity index (χ0) is 26.4. The SMILES string of the molecule is CCCCN(C)C(=O)C(CCC(=O)O)N1CN(C=O)N(C)CC1=O.CNCc1ccc(OC)cc1. The molecule has 2 N–H and O–H groups in total. The van der Waals surface area contributed by atoms with Crippen LogP contribution >= 0.6 is 0 Å². The van der Waals surface area contributed by atoms with Crippen molar-refractivity contribution in [3.05, 3.63) is 29.8 Å². The third-order valence-electron chi connectivity index (χ3n) is 5.60. The zero-order valence-electron chi connectivity index (χ0n) is 21.4. The van der Waals surface area contributed by atoms with E-state index in [4.69, 9.17) is 9.84 Å². The third kappa shape index (κ3) is 9.91. The Hall–Kier alpha value is -3.18. The Balaban J connectivity index is 0.000000462. The number of carboxylic acids is 1. The summed E-state index contributed by atoms with van der Waals surface area (Å²) in [7, 11) is 6.85. The topological polar surface area (TPSA) is 123 Å². The number of carboxylic acid groups (broad SMARTS) is 1. The maximum Gasteiger partial charge on any atom is 0.303 e. The van der Waals surface area contributed by atoms with Crippen LogP contribution in [0.3, 0.4) is 0 Å². The number of carbonyl (C=O) groups excluding carboxylic acids is 3. The number of benzene rings is 1. The molecule has 1 unspecified atom stereocenters. The molecule has 1 fully saturated rings. The molecule has 0 radical (unpaired) electrons. The van der Waals surface area contributed by atoms with Gasteiger partial charge < -0.3 is 25.0 Å². The van der Waals surface area contributed by atoms with Gasteiger partial charge in [-0.2, -0.15) is 0 Å². The van der Waals surface area contributed by atoms with Crippen LogP contribution in [0, 0.1) is 0 Å². The van der Waals surface area contributed by atoms with Crippen molar-refractivity contribution in [1.82, 2.24) is 25.1 Å². The molecular weight excluding hydrogens is 454 g/mol. The Morgan fingerprint density at radius 1 is 1.29 bits per heavy atom. The lowest BCUT2D eigenvalue weighted by Crippen LogP contribution is -2.62. The molecule has 3 amide bonds. The van der Waals surface area contributed by atoms with Gasteiger partial charge >= 0.3 is 5.97 Å². The number of ether oxygens (including phenoxy) is 1. The van der Waals surface area contributed by atoms with Gasteiger partial charge in [-0.05, 0) is 37.6 Å². The average molecular weight is 494 g/mol. The number of hydrogen-bond donors (Lipinski definition) is 2. The number of hydrogen-bond acceptors (Lipinski definition) is 7. The van der Waals surface area contributed by atoms with Crippen LogP contribution < -0.4 is 10.1 Å². The minimum atomic E-state index is -1.03. The summed E-state index contributed by atoms with van der Waals surface area (Å²) in [6.45, 7) is 3.36. The molecule has 0 aliphatic carbocycles. The van der Waals surface area contributed by atoms with Gasteiger partial charge in [0.15, 0.2) is 0 Å². The summed E-state index contributed by atoms with van der Waals surface area (Å²) in [5, 5.41) is 14.8. The summed E-state index contributed by atoms with van der Waals surface area (Å²) in [4.78, 5) is 49.8. The van der Waals surface area contributed by atoms with Crippen LogP contribution in [0.5, 0.6) is 5.75 Å². The summed E-state index contributed by atoms with van der Waals surface area (Å²) in [5.74, 6) is -0.723. The zero-order valence-corrected chi connectivity index (χ0v) is 21.4. The first-order chi connectivity index (χ1) is 16.7. The van der Waals surface area contributed by atoms with E-state index in [1.165, 1.54) is 25.4 Å². The molecular formula is C24H39N5O6. The van der Waals surface area contributed by atoms with Gasteiger partial charge in [0, 0.05) is 33.6 Å². The maximum absolute atomic E-state index is 12.7. The highest BCUT2D eigenvalue weighted by atomic mass is 16.5. The number of nitrogens with zero attached hydrogens (tertiary/aromatic N) is 4. The average Bonchev–Trinajstić information content (AvgIpc) is 2.84. The van der Waals surface area contributed by atoms with E-state index >= 15 is 0 Å². The number of unbranched alkanes of at least 4 members (excludes halogenated alkanes) is 1. The number of amides is 3. The highest BCUT2D eigenvalue weighted by molar-refractivity contribution is 5.89. The van der Waals surface area contributed by atoms with E-state index in [1.54, 1.807) is 21.2 Å². The second kappa shape index (κ2) is 15.7. The van der Waals surface area contributed by atoms with Crippen LogP contribution in [-0.2, 0) is 25.7 Å². The van der Waals surface area contributed by atoms with Gasteiger partial charge in [-0.1, -0.05) is 25.5 Å². The summed E-state index contributed by atoms with van der Waals surface area (Å²) in [6.07, 6.45) is 2.12. The molecule has 2 rings (SSSR count). The Bertz CT molecular complexity index is 819. The van der Waals surface area contributed by atoms with E-state index in [0.29, 0.717) is 13.0 Å². The molecule has 11 nitrogen and oxygen atoms in total. The molecule has 1 aromatic carbocycles. The molecule has 1 heterocycles. The molecule has 35 heavy (non-hydrogen) atoms. The lowest BCUT2D eigenvalue weighted by molar-refractivity contribution is -0.170. The number of methoxy groups -OCH3 is 1. The van der Waals surface area contributed by atoms with Gasteiger partial charge in [-0.3, -0.25) is 24.2 Å². The van der Waals surface area contributed by atoms with Crippen LogP contribution in [0.2, 0.25) is 0 Å². The molecule has 196 valence electrons. The van der Waals surface area contributed by atoms with Gasteiger partial charge in [0.25, 0.3) is 0 Å². The van der Waals surface area contributed by atoms with Crippen LogP contribution in [0.1, 0.15) is 38.2 Å². The fourth-order valence-corrected chi connectivity index (χ4v) is 3.49. The summed E-state index contributed by atoms with van der Waals surface area (Å²) >= 11 is 0. The van der Waals surface area contributed by atoms with Gasteiger partial charge in [0.05, 0.1) is 13.7 Å². The fourth-order valence-electron chi connectivity index (χ4n) is 3.49. The largest absolute Gasteiger partial charge is 0.497 e. The van der Waals surface area contributed by atoms with Crippen molar-refractivity contribution in [1.29, 1.82) is 0 Å². The number of rotatable bonds is 12. The van der Waals surface area contributed by atoms with E-state index in [0.717, 1.165) is 25.1 Å². The predicted molar refractivity (Wildman–Crippen MR) is 131 cm³/mol. The highest BCUT2D eigenvalue weighted by Gasteiger charge is 2.37. The Labute approximate surface area is 207 Å². The molecule has 1 aliphatic heterocycles. The van der Waals surface area contributed by atoms with Crippen molar-refractivity contribution in [3.8, 4) is 5.75 Å². The lowest BCUT2D eigenvalue weighted by atomic mass is 10.1. The van der Waals surface area contributed by atoms with Gasteiger partial charge in [-0.15, -0.1) is 0 Å². The van der Waals surface area contributed by atoms with Crippen LogP contribution in [0.15, 0.2) is 24.3 Å². The van der Waals surface area contributed by atoms with Gasteiger partial charge in [0.1, 0.15) is 18.5 Å². The minimum Gasteiger partial charge on any atom is -0.497 e. The monoisotopic (exact) mass is 493 g/mol. The Morgan fingerprint density at radius 3 is 2.46 bits per heavy atom. The summed E-state index contributed by atoms with van der Waals surface area (Å²) in [6, 6.07) is 7.15. The molecule has 1 saturated heterocycles. The molecule has 1 aromatic rings. The molecule has 11 heteroatoms. The first-order valence-electron chi connectivity index (χ1n) is 11.6. The first kappa shape index (κ1) is 29.9. The van der Waals surface area contributed by atoms with E-state index in [2.05, 4.69) is 17.4 Å². The second-order valence-corrected chi connectivity index (χ2v) is 8.31. The predicted octanol–water partition coefficient (Wildman–Crippen LogP) is 0.998.